The maximum absolute atomic E-state index is 11.9. The number of nitriles is 1. The molecule has 1 amide bonds. The minimum Gasteiger partial charge on any atom is -0.480 e. The van der Waals surface area contributed by atoms with Crippen LogP contribution in [0.5, 0.6) is 0 Å². The number of carbonyl (C=O) groups is 3. The number of carbonyl (C=O) groups excluding carboxylic acids is 2. The van der Waals surface area contributed by atoms with Crippen molar-refractivity contribution in [2.75, 3.05) is 7.11 Å². The fraction of sp³-hybridized carbons (Fsp3) is 0.286. The number of ether oxygens (including phenoxy) is 1. The Morgan fingerprint density at radius 2 is 2.14 bits per heavy atom. The first-order valence-electron chi connectivity index (χ1n) is 6.08. The number of carboxylic acid groups (broad SMARTS) is 1. The zero-order valence-corrected chi connectivity index (χ0v) is 11.3. The molecule has 7 nitrogen and oxygen atoms in total. The van der Waals surface area contributed by atoms with Crippen LogP contribution in [-0.4, -0.2) is 36.1 Å². The largest absolute Gasteiger partial charge is 0.480 e. The van der Waals surface area contributed by atoms with E-state index in [1.807, 2.05) is 6.07 Å². The van der Waals surface area contributed by atoms with Crippen molar-refractivity contribution in [1.82, 2.24) is 5.32 Å². The maximum Gasteiger partial charge on any atom is 0.326 e. The molecule has 7 heteroatoms. The Labute approximate surface area is 121 Å². The van der Waals surface area contributed by atoms with Gasteiger partial charge in [0.2, 0.25) is 0 Å². The number of aliphatic carboxylic acids is 1. The molecule has 0 saturated carbocycles. The van der Waals surface area contributed by atoms with Crippen molar-refractivity contribution in [3.63, 3.8) is 0 Å². The molecule has 0 aromatic heterocycles. The van der Waals surface area contributed by atoms with Crippen LogP contribution in [0.1, 0.15) is 28.8 Å². The molecule has 0 radical (unpaired) electrons. The summed E-state index contributed by atoms with van der Waals surface area (Å²) in [5, 5.41) is 20.1. The molecule has 1 aromatic carbocycles. The fourth-order valence-electron chi connectivity index (χ4n) is 1.59. The van der Waals surface area contributed by atoms with Crippen LogP contribution in [-0.2, 0) is 14.3 Å². The van der Waals surface area contributed by atoms with Crippen LogP contribution in [0.25, 0.3) is 0 Å². The molecule has 1 rings (SSSR count). The maximum atomic E-state index is 11.9. The summed E-state index contributed by atoms with van der Waals surface area (Å²) in [5.74, 6) is -2.42. The minimum absolute atomic E-state index is 0.0777. The van der Waals surface area contributed by atoms with E-state index in [0.29, 0.717) is 5.56 Å². The van der Waals surface area contributed by atoms with Gasteiger partial charge < -0.3 is 15.2 Å². The van der Waals surface area contributed by atoms with Crippen LogP contribution in [0.3, 0.4) is 0 Å². The van der Waals surface area contributed by atoms with E-state index in [1.54, 1.807) is 0 Å². The van der Waals surface area contributed by atoms with E-state index in [9.17, 15) is 14.4 Å². The van der Waals surface area contributed by atoms with Gasteiger partial charge >= 0.3 is 11.9 Å². The summed E-state index contributed by atoms with van der Waals surface area (Å²) in [7, 11) is 1.20. The van der Waals surface area contributed by atoms with Crippen LogP contribution < -0.4 is 5.32 Å². The summed E-state index contributed by atoms with van der Waals surface area (Å²) in [6.45, 7) is 0. The fourth-order valence-corrected chi connectivity index (χ4v) is 1.59. The van der Waals surface area contributed by atoms with Crippen molar-refractivity contribution < 1.29 is 24.2 Å². The van der Waals surface area contributed by atoms with Crippen LogP contribution in [0, 0.1) is 11.3 Å². The zero-order chi connectivity index (χ0) is 15.8. The molecule has 2 N–H and O–H groups in total. The molecule has 0 spiro atoms. The molecule has 0 aliphatic rings. The number of hydrogen-bond acceptors (Lipinski definition) is 5. The topological polar surface area (TPSA) is 116 Å². The average molecular weight is 290 g/mol. The summed E-state index contributed by atoms with van der Waals surface area (Å²) >= 11 is 0. The van der Waals surface area contributed by atoms with E-state index in [0.717, 1.165) is 0 Å². The Morgan fingerprint density at radius 3 is 2.71 bits per heavy atom. The molecule has 0 heterocycles. The number of methoxy groups -OCH3 is 1. The summed E-state index contributed by atoms with van der Waals surface area (Å²) < 4.78 is 4.42. The molecule has 110 valence electrons. The van der Waals surface area contributed by atoms with Crippen molar-refractivity contribution in [3.8, 4) is 6.07 Å². The van der Waals surface area contributed by atoms with Gasteiger partial charge in [-0.2, -0.15) is 5.26 Å². The van der Waals surface area contributed by atoms with Gasteiger partial charge in [0, 0.05) is 12.0 Å². The van der Waals surface area contributed by atoms with E-state index in [-0.39, 0.29) is 18.4 Å². The minimum atomic E-state index is -1.25. The Kier molecular flexibility index (Phi) is 5.89. The third kappa shape index (κ3) is 4.95. The van der Waals surface area contributed by atoms with Crippen LogP contribution in [0.2, 0.25) is 0 Å². The molecular formula is C14H14N2O5. The first-order valence-corrected chi connectivity index (χ1v) is 6.08. The average Bonchev–Trinajstić information content (AvgIpc) is 2.50. The Hall–Kier alpha value is -2.88. The number of rotatable bonds is 6. The lowest BCUT2D eigenvalue weighted by Crippen LogP contribution is -2.41. The molecule has 0 unspecified atom stereocenters. The van der Waals surface area contributed by atoms with Crippen LogP contribution in [0.4, 0.5) is 0 Å². The second-order valence-electron chi connectivity index (χ2n) is 4.17. The number of benzene rings is 1. The van der Waals surface area contributed by atoms with E-state index in [4.69, 9.17) is 10.4 Å². The Bertz CT molecular complexity index is 591. The van der Waals surface area contributed by atoms with Gasteiger partial charge in [0.15, 0.2) is 0 Å². The van der Waals surface area contributed by atoms with E-state index in [2.05, 4.69) is 10.1 Å². The van der Waals surface area contributed by atoms with Crippen LogP contribution in [0.15, 0.2) is 24.3 Å². The molecule has 0 aliphatic carbocycles. The molecule has 1 atom stereocenters. The van der Waals surface area contributed by atoms with Crippen molar-refractivity contribution in [3.05, 3.63) is 35.4 Å². The van der Waals surface area contributed by atoms with Crippen molar-refractivity contribution in [2.45, 2.75) is 18.9 Å². The second kappa shape index (κ2) is 7.65. The van der Waals surface area contributed by atoms with Gasteiger partial charge in [-0.1, -0.05) is 6.07 Å². The molecular weight excluding hydrogens is 276 g/mol. The first-order chi connectivity index (χ1) is 9.97. The van der Waals surface area contributed by atoms with Gasteiger partial charge in [0.25, 0.3) is 5.91 Å². The number of amides is 1. The number of hydrogen-bond donors (Lipinski definition) is 2. The second-order valence-corrected chi connectivity index (χ2v) is 4.17. The predicted molar refractivity (Wildman–Crippen MR) is 71.3 cm³/mol. The highest BCUT2D eigenvalue weighted by Crippen LogP contribution is 2.06. The predicted octanol–water partition coefficient (Wildman–Crippen LogP) is 0.694. The van der Waals surface area contributed by atoms with Gasteiger partial charge in [-0.05, 0) is 24.6 Å². The Morgan fingerprint density at radius 1 is 1.43 bits per heavy atom. The molecule has 21 heavy (non-hydrogen) atoms. The number of esters is 1. The van der Waals surface area contributed by atoms with Gasteiger partial charge in [-0.25, -0.2) is 4.79 Å². The molecule has 0 aliphatic heterocycles. The molecule has 0 saturated heterocycles. The number of nitrogens with zero attached hydrogens (tertiary/aromatic N) is 1. The lowest BCUT2D eigenvalue weighted by atomic mass is 10.1. The lowest BCUT2D eigenvalue weighted by Gasteiger charge is -2.14. The van der Waals surface area contributed by atoms with Crippen molar-refractivity contribution in [2.24, 2.45) is 0 Å². The van der Waals surface area contributed by atoms with Gasteiger partial charge in [-0.15, -0.1) is 0 Å². The summed E-state index contributed by atoms with van der Waals surface area (Å²) in [4.78, 5) is 34.0. The van der Waals surface area contributed by atoms with Gasteiger partial charge in [-0.3, -0.25) is 9.59 Å². The monoisotopic (exact) mass is 290 g/mol. The van der Waals surface area contributed by atoms with Crippen molar-refractivity contribution in [1.29, 1.82) is 5.26 Å². The van der Waals surface area contributed by atoms with E-state index >= 15 is 0 Å². The summed E-state index contributed by atoms with van der Waals surface area (Å²) in [5.41, 5.74) is 0.474. The van der Waals surface area contributed by atoms with Gasteiger partial charge in [0.05, 0.1) is 18.7 Å². The normalized spacial score (nSPS) is 11.0. The Balaban J connectivity index is 2.74. The third-order valence-corrected chi connectivity index (χ3v) is 2.72. The highest BCUT2D eigenvalue weighted by molar-refractivity contribution is 5.96. The van der Waals surface area contributed by atoms with Gasteiger partial charge in [0.1, 0.15) is 6.04 Å². The standard InChI is InChI=1S/C14H14N2O5/c1-21-12(17)6-5-11(14(19)20)16-13(18)10-4-2-3-9(7-10)8-15/h2-4,7,11H,5-6H2,1H3,(H,16,18)(H,19,20)/t11-/m1/s1. The smallest absolute Gasteiger partial charge is 0.326 e. The zero-order valence-electron chi connectivity index (χ0n) is 11.3. The van der Waals surface area contributed by atoms with E-state index in [1.165, 1.54) is 31.4 Å². The molecule has 1 aromatic rings. The summed E-state index contributed by atoms with van der Waals surface area (Å²) in [6, 6.07) is 6.56. The highest BCUT2D eigenvalue weighted by atomic mass is 16.5. The van der Waals surface area contributed by atoms with E-state index < -0.39 is 23.9 Å². The first kappa shape index (κ1) is 16.2. The molecule has 0 bridgehead atoms. The van der Waals surface area contributed by atoms with Crippen LogP contribution >= 0.6 is 0 Å². The highest BCUT2D eigenvalue weighted by Gasteiger charge is 2.22. The SMILES string of the molecule is COC(=O)CC[C@@H](NC(=O)c1cccc(C#N)c1)C(=O)O. The third-order valence-electron chi connectivity index (χ3n) is 2.72. The number of carboxylic acids is 1. The lowest BCUT2D eigenvalue weighted by molar-refractivity contribution is -0.142. The number of nitrogens with one attached hydrogen (secondary N) is 1. The quantitative estimate of drug-likeness (QED) is 0.745. The van der Waals surface area contributed by atoms with Crippen molar-refractivity contribution >= 4 is 17.8 Å². The summed E-state index contributed by atoms with van der Waals surface area (Å²) in [6.07, 6.45) is -0.197. The molecule has 0 fully saturated rings.